The van der Waals surface area contributed by atoms with Crippen molar-refractivity contribution in [3.63, 3.8) is 0 Å². The minimum absolute atomic E-state index is 0.0794. The van der Waals surface area contributed by atoms with E-state index in [9.17, 15) is 10.1 Å². The van der Waals surface area contributed by atoms with Crippen LogP contribution in [0.2, 0.25) is 10.3 Å². The SMILES string of the molecule is Clc1ccc2ncc(-c3cn[nH]c3)cc2n1.O=[N+]([O-])c1ccccc1Cn1cc(-c2cnc3ccc(Cl)nc3c2)cn1. The minimum atomic E-state index is -0.386. The maximum Gasteiger partial charge on any atom is 0.274 e. The summed E-state index contributed by atoms with van der Waals surface area (Å²) in [6.45, 7) is 0.308. The van der Waals surface area contributed by atoms with Gasteiger partial charge in [-0.15, -0.1) is 0 Å². The molecule has 0 bridgehead atoms. The van der Waals surface area contributed by atoms with Crippen LogP contribution in [0.15, 0.2) is 97.8 Å². The number of aromatic amines is 1. The Morgan fingerprint density at radius 3 is 2.02 bits per heavy atom. The van der Waals surface area contributed by atoms with Gasteiger partial charge >= 0.3 is 0 Å². The molecule has 7 aromatic rings. The highest BCUT2D eigenvalue weighted by Gasteiger charge is 2.13. The molecule has 0 spiro atoms. The third-order valence-electron chi connectivity index (χ3n) is 6.33. The average molecular weight is 596 g/mol. The van der Waals surface area contributed by atoms with Crippen LogP contribution in [0.3, 0.4) is 0 Å². The number of hydrogen-bond donors (Lipinski definition) is 1. The molecule has 11 nitrogen and oxygen atoms in total. The van der Waals surface area contributed by atoms with Crippen LogP contribution in [0.4, 0.5) is 5.69 Å². The fourth-order valence-electron chi connectivity index (χ4n) is 4.28. The smallest absolute Gasteiger partial charge is 0.274 e. The van der Waals surface area contributed by atoms with Crippen LogP contribution in [0.1, 0.15) is 5.56 Å². The predicted octanol–water partition coefficient (Wildman–Crippen LogP) is 6.78. The Kier molecular flexibility index (Phi) is 7.50. The third kappa shape index (κ3) is 5.92. The molecular formula is C29H19Cl2N9O2. The van der Waals surface area contributed by atoms with Gasteiger partial charge < -0.3 is 0 Å². The van der Waals surface area contributed by atoms with Gasteiger partial charge in [0.05, 0.1) is 51.5 Å². The van der Waals surface area contributed by atoms with Gasteiger partial charge in [0, 0.05) is 53.1 Å². The van der Waals surface area contributed by atoms with Gasteiger partial charge in [-0.25, -0.2) is 9.97 Å². The van der Waals surface area contributed by atoms with E-state index in [1.165, 1.54) is 6.07 Å². The second kappa shape index (κ2) is 11.7. The summed E-state index contributed by atoms with van der Waals surface area (Å²) < 4.78 is 1.66. The first-order valence-electron chi connectivity index (χ1n) is 12.5. The van der Waals surface area contributed by atoms with Gasteiger partial charge in [-0.3, -0.25) is 29.9 Å². The molecule has 42 heavy (non-hydrogen) atoms. The van der Waals surface area contributed by atoms with Crippen molar-refractivity contribution in [2.24, 2.45) is 0 Å². The van der Waals surface area contributed by atoms with Crippen LogP contribution in [0.5, 0.6) is 0 Å². The summed E-state index contributed by atoms with van der Waals surface area (Å²) in [4.78, 5) is 27.9. The molecule has 0 radical (unpaired) electrons. The fourth-order valence-corrected chi connectivity index (χ4v) is 4.59. The largest absolute Gasteiger partial charge is 0.285 e. The van der Waals surface area contributed by atoms with E-state index >= 15 is 0 Å². The molecule has 0 amide bonds. The molecular weight excluding hydrogens is 577 g/mol. The van der Waals surface area contributed by atoms with Crippen molar-refractivity contribution in [1.82, 2.24) is 39.9 Å². The highest BCUT2D eigenvalue weighted by molar-refractivity contribution is 6.30. The second-order valence-electron chi connectivity index (χ2n) is 9.09. The van der Waals surface area contributed by atoms with E-state index in [4.69, 9.17) is 23.2 Å². The summed E-state index contributed by atoms with van der Waals surface area (Å²) in [6.07, 6.45) is 10.6. The van der Waals surface area contributed by atoms with Crippen LogP contribution in [0, 0.1) is 10.1 Å². The summed E-state index contributed by atoms with van der Waals surface area (Å²) in [5.41, 5.74) is 7.38. The van der Waals surface area contributed by atoms with Gasteiger partial charge in [-0.05, 0) is 36.4 Å². The average Bonchev–Trinajstić information content (AvgIpc) is 3.70. The van der Waals surface area contributed by atoms with E-state index in [0.29, 0.717) is 27.9 Å². The highest BCUT2D eigenvalue weighted by atomic mass is 35.5. The molecule has 1 aromatic carbocycles. The lowest BCUT2D eigenvalue weighted by Gasteiger charge is -2.03. The molecule has 0 fully saturated rings. The molecule has 0 atom stereocenters. The van der Waals surface area contributed by atoms with Crippen molar-refractivity contribution in [1.29, 1.82) is 0 Å². The van der Waals surface area contributed by atoms with Crippen molar-refractivity contribution in [3.05, 3.63) is 124 Å². The van der Waals surface area contributed by atoms with E-state index in [1.807, 2.05) is 36.7 Å². The van der Waals surface area contributed by atoms with Crippen LogP contribution >= 0.6 is 23.2 Å². The molecule has 206 valence electrons. The van der Waals surface area contributed by atoms with Crippen LogP contribution in [0.25, 0.3) is 44.3 Å². The second-order valence-corrected chi connectivity index (χ2v) is 9.87. The van der Waals surface area contributed by atoms with Crippen molar-refractivity contribution in [3.8, 4) is 22.3 Å². The fraction of sp³-hybridized carbons (Fsp3) is 0.0345. The normalized spacial score (nSPS) is 10.9. The molecule has 7 rings (SSSR count). The van der Waals surface area contributed by atoms with Gasteiger partial charge in [0.2, 0.25) is 0 Å². The topological polar surface area (TPSA) is 141 Å². The van der Waals surface area contributed by atoms with Crippen molar-refractivity contribution >= 4 is 51.0 Å². The maximum atomic E-state index is 11.1. The number of fused-ring (bicyclic) bond motifs is 2. The molecule has 0 aliphatic carbocycles. The number of H-pyrrole nitrogens is 1. The monoisotopic (exact) mass is 595 g/mol. The number of nitro groups is 1. The summed E-state index contributed by atoms with van der Waals surface area (Å²) in [5, 5.41) is 23.0. The van der Waals surface area contributed by atoms with E-state index in [1.54, 1.807) is 59.8 Å². The number of pyridine rings is 4. The molecule has 0 aliphatic heterocycles. The van der Waals surface area contributed by atoms with Gasteiger partial charge in [-0.1, -0.05) is 41.4 Å². The Morgan fingerprint density at radius 2 is 1.40 bits per heavy atom. The van der Waals surface area contributed by atoms with Crippen molar-refractivity contribution in [2.45, 2.75) is 6.54 Å². The zero-order valence-corrected chi connectivity index (χ0v) is 23.1. The zero-order valence-electron chi connectivity index (χ0n) is 21.6. The lowest BCUT2D eigenvalue weighted by atomic mass is 10.1. The number of para-hydroxylation sites is 1. The number of hydrogen-bond acceptors (Lipinski definition) is 8. The maximum absolute atomic E-state index is 11.1. The number of rotatable bonds is 5. The van der Waals surface area contributed by atoms with E-state index in [0.717, 1.165) is 38.8 Å². The van der Waals surface area contributed by atoms with Gasteiger partial charge in [0.25, 0.3) is 5.69 Å². The van der Waals surface area contributed by atoms with E-state index < -0.39 is 0 Å². The molecule has 13 heteroatoms. The Bertz CT molecular complexity index is 2050. The third-order valence-corrected chi connectivity index (χ3v) is 6.75. The first kappa shape index (κ1) is 26.9. The molecule has 1 N–H and O–H groups in total. The lowest BCUT2D eigenvalue weighted by molar-refractivity contribution is -0.385. The Balaban J connectivity index is 0.000000168. The summed E-state index contributed by atoms with van der Waals surface area (Å²) in [5.74, 6) is 0. The molecule has 6 heterocycles. The van der Waals surface area contributed by atoms with E-state index in [-0.39, 0.29) is 10.6 Å². The summed E-state index contributed by atoms with van der Waals surface area (Å²) in [7, 11) is 0. The Morgan fingerprint density at radius 1 is 0.762 bits per heavy atom. The molecule has 0 saturated heterocycles. The van der Waals surface area contributed by atoms with E-state index in [2.05, 4.69) is 35.2 Å². The van der Waals surface area contributed by atoms with Gasteiger partial charge in [0.1, 0.15) is 10.3 Å². The minimum Gasteiger partial charge on any atom is -0.285 e. The summed E-state index contributed by atoms with van der Waals surface area (Å²) in [6, 6.07) is 17.6. The number of nitrogens with zero attached hydrogens (tertiary/aromatic N) is 8. The number of nitro benzene ring substituents is 1. The standard InChI is InChI=1S/C18H12ClN5O2.C11H7ClN4/c19-18-6-5-15-16(22-18)7-13(8-20-15)14-9-21-23(11-14)10-12-3-1-2-4-17(12)24(25)26;12-11-2-1-9-10(16-11)3-7(4-13-9)8-5-14-15-6-8/h1-9,11H,10H2;1-6H,(H,14,15). The quantitative estimate of drug-likeness (QED) is 0.130. The predicted molar refractivity (Wildman–Crippen MR) is 160 cm³/mol. The lowest BCUT2D eigenvalue weighted by Crippen LogP contribution is -2.03. The molecule has 0 unspecified atom stereocenters. The first-order valence-corrected chi connectivity index (χ1v) is 13.3. The van der Waals surface area contributed by atoms with Crippen LogP contribution < -0.4 is 0 Å². The Labute approximate surface area is 248 Å². The van der Waals surface area contributed by atoms with Gasteiger partial charge in [0.15, 0.2) is 0 Å². The van der Waals surface area contributed by atoms with Crippen molar-refractivity contribution < 1.29 is 4.92 Å². The summed E-state index contributed by atoms with van der Waals surface area (Å²) >= 11 is 11.8. The molecule has 0 aliphatic rings. The van der Waals surface area contributed by atoms with Gasteiger partial charge in [-0.2, -0.15) is 10.2 Å². The molecule has 0 saturated carbocycles. The van der Waals surface area contributed by atoms with Crippen molar-refractivity contribution in [2.75, 3.05) is 0 Å². The zero-order chi connectivity index (χ0) is 29.1. The number of halogens is 2. The first-order chi connectivity index (χ1) is 20.4. The number of benzene rings is 1. The number of aromatic nitrogens is 8. The van der Waals surface area contributed by atoms with Crippen LogP contribution in [-0.2, 0) is 6.54 Å². The van der Waals surface area contributed by atoms with Crippen LogP contribution in [-0.4, -0.2) is 44.8 Å². The highest BCUT2D eigenvalue weighted by Crippen LogP contribution is 2.24. The number of nitrogens with one attached hydrogen (secondary N) is 1. The Hall–Kier alpha value is -5.26. The molecule has 6 aromatic heterocycles.